The second-order valence-electron chi connectivity index (χ2n) is 16.9. The number of halogens is 2. The van der Waals surface area contributed by atoms with E-state index >= 15 is 0 Å². The Morgan fingerprint density at radius 1 is 0.617 bits per heavy atom. The summed E-state index contributed by atoms with van der Waals surface area (Å²) in [4.78, 5) is 23.9. The number of likely N-dealkylation sites (N-methyl/N-ethyl adjacent to an activating group) is 1. The molecule has 0 bridgehead atoms. The fraction of sp³-hybridized carbons (Fsp3) is 0.435. The van der Waals surface area contributed by atoms with Gasteiger partial charge >= 0.3 is 14.1 Å². The van der Waals surface area contributed by atoms with E-state index in [0.717, 1.165) is 113 Å². The van der Waals surface area contributed by atoms with Crippen molar-refractivity contribution in [1.82, 2.24) is 39.2 Å². The number of benzene rings is 2. The summed E-state index contributed by atoms with van der Waals surface area (Å²) < 4.78 is 0. The Hall–Kier alpha value is -3.39. The SMILES string of the molecule is CB(O)N1CCN(C2c3ccc(Cl)cc3C(CN3CCN(C)CC3)=Cc3cccnc32)CC1.CCC1=Cc2cccnc2C(N2CCN(B(C)O)CC2)c2ccc(Cl)cc21. The fourth-order valence-corrected chi connectivity index (χ4v) is 9.97. The Labute approximate surface area is 367 Å². The van der Waals surface area contributed by atoms with Crippen molar-refractivity contribution in [3.63, 3.8) is 0 Å². The Morgan fingerprint density at radius 2 is 1.07 bits per heavy atom. The van der Waals surface area contributed by atoms with Gasteiger partial charge in [0.25, 0.3) is 0 Å². The second-order valence-corrected chi connectivity index (χ2v) is 17.8. The first-order valence-corrected chi connectivity index (χ1v) is 22.5. The Balaban J connectivity index is 0.000000170. The van der Waals surface area contributed by atoms with Crippen molar-refractivity contribution in [2.75, 3.05) is 92.1 Å². The lowest BCUT2D eigenvalue weighted by molar-refractivity contribution is 0.144. The molecule has 2 atom stereocenters. The second kappa shape index (κ2) is 19.3. The van der Waals surface area contributed by atoms with Gasteiger partial charge in [0.2, 0.25) is 0 Å². The van der Waals surface area contributed by atoms with Crippen molar-refractivity contribution < 1.29 is 10.0 Å². The maximum absolute atomic E-state index is 10.0. The van der Waals surface area contributed by atoms with Gasteiger partial charge in [-0.3, -0.25) is 24.7 Å². The topological polar surface area (TPSA) is 85.7 Å². The van der Waals surface area contributed by atoms with Crippen LogP contribution in [-0.4, -0.2) is 155 Å². The standard InChI is InChI=1S/C25H33BClN5O.C21H25BClN3O/c1-26(33)32-14-12-31(13-15-32)25-22-6-5-21(27)17-23(22)20(16-19-4-3-7-28-24(19)25)18-30-10-8-29(2)9-11-30;1-3-15-13-16-5-4-8-24-20(16)21(18-7-6-17(23)14-19(15)18)25-9-11-26(12-10-25)22(2)27/h3-7,16-17,25,33H,8-15,18H2,1-2H3;4-8,13-14,21,27H,3,9-12H2,1-2H3. The number of piperazine rings is 3. The van der Waals surface area contributed by atoms with E-state index in [2.05, 4.69) is 91.7 Å². The molecule has 0 saturated carbocycles. The Kier molecular flexibility index (Phi) is 13.9. The van der Waals surface area contributed by atoms with E-state index in [0.29, 0.717) is 0 Å². The number of hydrogen-bond donors (Lipinski definition) is 2. The molecule has 0 amide bonds. The molecule has 5 heterocycles. The summed E-state index contributed by atoms with van der Waals surface area (Å²) >= 11 is 12.9. The molecule has 0 radical (unpaired) electrons. The van der Waals surface area contributed by atoms with E-state index in [4.69, 9.17) is 33.2 Å². The molecule has 5 aliphatic rings. The van der Waals surface area contributed by atoms with Gasteiger partial charge < -0.3 is 24.6 Å². The lowest BCUT2D eigenvalue weighted by Gasteiger charge is -2.40. The monoisotopic (exact) mass is 846 g/mol. The molecule has 2 unspecified atom stereocenters. The minimum Gasteiger partial charge on any atom is -0.437 e. The van der Waals surface area contributed by atoms with Crippen molar-refractivity contribution in [2.24, 2.45) is 0 Å². The molecule has 3 saturated heterocycles. The number of pyridine rings is 2. The highest BCUT2D eigenvalue weighted by atomic mass is 35.5. The third-order valence-electron chi connectivity index (χ3n) is 13.1. The van der Waals surface area contributed by atoms with Crippen LogP contribution in [0.25, 0.3) is 23.3 Å². The van der Waals surface area contributed by atoms with Crippen LogP contribution in [-0.2, 0) is 0 Å². The van der Waals surface area contributed by atoms with E-state index in [1.54, 1.807) is 0 Å². The number of fused-ring (bicyclic) bond motifs is 4. The molecule has 9 rings (SSSR count). The fourth-order valence-electron chi connectivity index (χ4n) is 9.62. The van der Waals surface area contributed by atoms with Crippen LogP contribution in [0.2, 0.25) is 23.7 Å². The summed E-state index contributed by atoms with van der Waals surface area (Å²) in [6.45, 7) is 18.1. The highest BCUT2D eigenvalue weighted by Gasteiger charge is 2.36. The summed E-state index contributed by atoms with van der Waals surface area (Å²) in [6.07, 6.45) is 9.35. The van der Waals surface area contributed by atoms with E-state index in [-0.39, 0.29) is 12.1 Å². The van der Waals surface area contributed by atoms with Crippen LogP contribution in [0.5, 0.6) is 0 Å². The third-order valence-corrected chi connectivity index (χ3v) is 13.6. The zero-order chi connectivity index (χ0) is 41.9. The quantitative estimate of drug-likeness (QED) is 0.202. The average molecular weight is 848 g/mol. The zero-order valence-electron chi connectivity index (χ0n) is 35.5. The zero-order valence-corrected chi connectivity index (χ0v) is 37.0. The van der Waals surface area contributed by atoms with Crippen LogP contribution in [0.3, 0.4) is 0 Å². The van der Waals surface area contributed by atoms with E-state index in [9.17, 15) is 10.0 Å². The number of allylic oxidation sites excluding steroid dienone is 1. The molecule has 14 heteroatoms. The van der Waals surface area contributed by atoms with Crippen LogP contribution in [0, 0.1) is 0 Å². The molecule has 2 aromatic carbocycles. The van der Waals surface area contributed by atoms with Crippen LogP contribution in [0.15, 0.2) is 73.1 Å². The molecule has 3 fully saturated rings. The lowest BCUT2D eigenvalue weighted by Crippen LogP contribution is -2.52. The van der Waals surface area contributed by atoms with Crippen LogP contribution in [0.4, 0.5) is 0 Å². The Morgan fingerprint density at radius 3 is 1.52 bits per heavy atom. The van der Waals surface area contributed by atoms with Crippen molar-refractivity contribution in [2.45, 2.75) is 39.1 Å². The maximum Gasteiger partial charge on any atom is 0.376 e. The normalized spacial score (nSPS) is 21.8. The van der Waals surface area contributed by atoms with Crippen LogP contribution >= 0.6 is 23.2 Å². The third kappa shape index (κ3) is 9.49. The van der Waals surface area contributed by atoms with E-state index in [1.165, 1.54) is 44.5 Å². The molecule has 2 aromatic heterocycles. The largest absolute Gasteiger partial charge is 0.437 e. The number of rotatable bonds is 7. The van der Waals surface area contributed by atoms with Crippen LogP contribution in [0.1, 0.15) is 70.2 Å². The van der Waals surface area contributed by atoms with Crippen molar-refractivity contribution in [1.29, 1.82) is 0 Å². The van der Waals surface area contributed by atoms with E-state index in [1.807, 2.05) is 50.3 Å². The van der Waals surface area contributed by atoms with E-state index < -0.39 is 14.1 Å². The molecule has 3 aliphatic heterocycles. The van der Waals surface area contributed by atoms with Crippen molar-refractivity contribution in [3.8, 4) is 0 Å². The molecule has 60 heavy (non-hydrogen) atoms. The van der Waals surface area contributed by atoms with Gasteiger partial charge in [-0.05, 0) is 120 Å². The highest BCUT2D eigenvalue weighted by molar-refractivity contribution is 6.45. The van der Waals surface area contributed by atoms with Gasteiger partial charge in [0.15, 0.2) is 0 Å². The van der Waals surface area contributed by atoms with Gasteiger partial charge in [0.05, 0.1) is 23.5 Å². The van der Waals surface area contributed by atoms with Crippen molar-refractivity contribution in [3.05, 3.63) is 128 Å². The molecule has 0 spiro atoms. The summed E-state index contributed by atoms with van der Waals surface area (Å²) in [6, 6.07) is 21.2. The predicted molar refractivity (Wildman–Crippen MR) is 249 cm³/mol. The average Bonchev–Trinajstić information content (AvgIpc) is 3.48. The van der Waals surface area contributed by atoms with Crippen molar-refractivity contribution >= 4 is 60.6 Å². The first-order chi connectivity index (χ1) is 29.1. The Bertz CT molecular complexity index is 2180. The van der Waals surface area contributed by atoms with Gasteiger partial charge in [-0.25, -0.2) is 0 Å². The highest BCUT2D eigenvalue weighted by Crippen LogP contribution is 2.42. The minimum atomic E-state index is -0.408. The van der Waals surface area contributed by atoms with Gasteiger partial charge in [0, 0.05) is 108 Å². The smallest absolute Gasteiger partial charge is 0.376 e. The number of nitrogens with zero attached hydrogens (tertiary/aromatic N) is 8. The molecule has 2 aliphatic carbocycles. The summed E-state index contributed by atoms with van der Waals surface area (Å²) in [5.41, 5.74) is 12.2. The molecule has 4 aromatic rings. The van der Waals surface area contributed by atoms with Gasteiger partial charge in [0.1, 0.15) is 0 Å². The molecule has 10 nitrogen and oxygen atoms in total. The molecular weight excluding hydrogens is 789 g/mol. The van der Waals surface area contributed by atoms with Gasteiger partial charge in [-0.15, -0.1) is 0 Å². The summed E-state index contributed by atoms with van der Waals surface area (Å²) in [5.74, 6) is 0. The van der Waals surface area contributed by atoms with Gasteiger partial charge in [-0.2, -0.15) is 0 Å². The first-order valence-electron chi connectivity index (χ1n) is 21.7. The molecule has 2 N–H and O–H groups in total. The minimum absolute atomic E-state index is 0.0749. The number of hydrogen-bond acceptors (Lipinski definition) is 10. The molecular formula is C46H58B2Cl2N8O2. The number of aromatic nitrogens is 2. The first kappa shape index (κ1) is 43.3. The lowest BCUT2D eigenvalue weighted by atomic mass is 9.84. The summed E-state index contributed by atoms with van der Waals surface area (Å²) in [7, 11) is 1.39. The maximum atomic E-state index is 10.0. The summed E-state index contributed by atoms with van der Waals surface area (Å²) in [5, 5.41) is 21.5. The predicted octanol–water partition coefficient (Wildman–Crippen LogP) is 6.47. The van der Waals surface area contributed by atoms with Crippen LogP contribution < -0.4 is 0 Å². The van der Waals surface area contributed by atoms with Gasteiger partial charge in [-0.1, -0.05) is 54.4 Å². The molecule has 314 valence electrons.